The number of halogens is 2. The van der Waals surface area contributed by atoms with Crippen molar-refractivity contribution in [1.29, 1.82) is 0 Å². The quantitative estimate of drug-likeness (QED) is 0.439. The summed E-state index contributed by atoms with van der Waals surface area (Å²) in [5.74, 6) is -0.147. The zero-order chi connectivity index (χ0) is 25.7. The van der Waals surface area contributed by atoms with E-state index in [1.165, 1.54) is 32.5 Å². The molecule has 0 atom stereocenters. The van der Waals surface area contributed by atoms with Crippen LogP contribution in [0.25, 0.3) is 0 Å². The van der Waals surface area contributed by atoms with Crippen LogP contribution >= 0.6 is 0 Å². The van der Waals surface area contributed by atoms with Crippen LogP contribution in [0.2, 0.25) is 0 Å². The summed E-state index contributed by atoms with van der Waals surface area (Å²) in [4.78, 5) is 10.8. The Bertz CT molecular complexity index is 1190. The highest BCUT2D eigenvalue weighted by Gasteiger charge is 2.22. The van der Waals surface area contributed by atoms with Gasteiger partial charge in [0.15, 0.2) is 17.3 Å². The third-order valence-electron chi connectivity index (χ3n) is 6.22. The van der Waals surface area contributed by atoms with Gasteiger partial charge in [0.2, 0.25) is 5.95 Å². The summed E-state index contributed by atoms with van der Waals surface area (Å²) in [7, 11) is 4.72. The first-order valence-electron chi connectivity index (χ1n) is 11.6. The van der Waals surface area contributed by atoms with Crippen molar-refractivity contribution in [2.24, 2.45) is 0 Å². The molecule has 8 nitrogen and oxygen atoms in total. The Morgan fingerprint density at radius 3 is 2.31 bits per heavy atom. The molecule has 10 heteroatoms. The second kappa shape index (κ2) is 11.4. The standard InChI is InChI=1S/C26H30F2N4O4/c1-16-11-23(35-4)25(28)20(24(16)27)15-36-19-13-29-26(30-14-19)31-17-5-6-21(22(12-17)34-3)32-9-7-18(33-2)8-10-32/h5-6,11-14,18H,7-10,15H2,1-4H3,(H,29,30,31). The van der Waals surface area contributed by atoms with Gasteiger partial charge in [0.25, 0.3) is 0 Å². The molecule has 1 fully saturated rings. The Morgan fingerprint density at radius 2 is 1.67 bits per heavy atom. The number of ether oxygens (including phenoxy) is 4. The van der Waals surface area contributed by atoms with Gasteiger partial charge in [-0.15, -0.1) is 0 Å². The van der Waals surface area contributed by atoms with E-state index >= 15 is 0 Å². The molecule has 2 aromatic carbocycles. The lowest BCUT2D eigenvalue weighted by molar-refractivity contribution is 0.0818. The maximum Gasteiger partial charge on any atom is 0.227 e. The molecule has 2 heterocycles. The van der Waals surface area contributed by atoms with Gasteiger partial charge in [0.1, 0.15) is 18.2 Å². The fourth-order valence-electron chi connectivity index (χ4n) is 4.17. The lowest BCUT2D eigenvalue weighted by atomic mass is 10.1. The summed E-state index contributed by atoms with van der Waals surface area (Å²) < 4.78 is 50.4. The molecule has 0 unspecified atom stereocenters. The van der Waals surface area contributed by atoms with Crippen molar-refractivity contribution >= 4 is 17.3 Å². The molecule has 1 aromatic heterocycles. The van der Waals surface area contributed by atoms with Crippen molar-refractivity contribution in [2.75, 3.05) is 44.6 Å². The van der Waals surface area contributed by atoms with Crippen LogP contribution in [0.3, 0.4) is 0 Å². The number of aromatic nitrogens is 2. The summed E-state index contributed by atoms with van der Waals surface area (Å²) in [6, 6.07) is 7.14. The zero-order valence-electron chi connectivity index (χ0n) is 20.8. The van der Waals surface area contributed by atoms with E-state index in [0.29, 0.717) is 12.1 Å². The molecule has 1 N–H and O–H groups in total. The number of hydrogen-bond donors (Lipinski definition) is 1. The Hall–Kier alpha value is -3.66. The van der Waals surface area contributed by atoms with Crippen molar-refractivity contribution in [3.05, 3.63) is 59.4 Å². The Balaban J connectivity index is 1.40. The highest BCUT2D eigenvalue weighted by atomic mass is 19.1. The maximum absolute atomic E-state index is 14.5. The molecule has 36 heavy (non-hydrogen) atoms. The number of hydrogen-bond acceptors (Lipinski definition) is 8. The summed E-state index contributed by atoms with van der Waals surface area (Å²) in [5, 5.41) is 3.13. The monoisotopic (exact) mass is 500 g/mol. The number of benzene rings is 2. The van der Waals surface area contributed by atoms with Gasteiger partial charge in [-0.2, -0.15) is 0 Å². The molecule has 0 amide bonds. The number of anilines is 3. The number of nitrogens with zero attached hydrogens (tertiary/aromatic N) is 3. The lowest BCUT2D eigenvalue weighted by Gasteiger charge is -2.33. The molecular weight excluding hydrogens is 470 g/mol. The number of methoxy groups -OCH3 is 3. The predicted octanol–water partition coefficient (Wildman–Crippen LogP) is 5.02. The Labute approximate surface area is 209 Å². The summed E-state index contributed by atoms with van der Waals surface area (Å²) in [5.41, 5.74) is 1.83. The van der Waals surface area contributed by atoms with Crippen LogP contribution in [-0.4, -0.2) is 50.5 Å². The van der Waals surface area contributed by atoms with Crippen molar-refractivity contribution in [3.63, 3.8) is 0 Å². The highest BCUT2D eigenvalue weighted by Crippen LogP contribution is 2.34. The predicted molar refractivity (Wildman–Crippen MR) is 133 cm³/mol. The van der Waals surface area contributed by atoms with Crippen LogP contribution in [0.15, 0.2) is 36.7 Å². The topological polar surface area (TPSA) is 78.0 Å². The Kier molecular flexibility index (Phi) is 8.04. The average molecular weight is 501 g/mol. The van der Waals surface area contributed by atoms with Crippen molar-refractivity contribution in [1.82, 2.24) is 9.97 Å². The second-order valence-electron chi connectivity index (χ2n) is 8.47. The van der Waals surface area contributed by atoms with E-state index in [4.69, 9.17) is 18.9 Å². The number of rotatable bonds is 9. The SMILES string of the molecule is COc1cc(Nc2ncc(OCc3c(F)c(C)cc(OC)c3F)cn2)ccc1N1CCC(OC)CC1. The molecular formula is C26H30F2N4O4. The molecule has 1 saturated heterocycles. The van der Waals surface area contributed by atoms with Crippen LogP contribution in [0.1, 0.15) is 24.0 Å². The first-order valence-corrected chi connectivity index (χ1v) is 11.6. The number of piperidine rings is 1. The molecule has 0 aliphatic carbocycles. The van der Waals surface area contributed by atoms with E-state index in [9.17, 15) is 8.78 Å². The molecule has 1 aliphatic heterocycles. The van der Waals surface area contributed by atoms with Crippen LogP contribution in [-0.2, 0) is 11.3 Å². The van der Waals surface area contributed by atoms with E-state index in [2.05, 4.69) is 20.2 Å². The third kappa shape index (κ3) is 5.59. The van der Waals surface area contributed by atoms with Crippen LogP contribution in [0, 0.1) is 18.6 Å². The first-order chi connectivity index (χ1) is 17.4. The largest absolute Gasteiger partial charge is 0.495 e. The van der Waals surface area contributed by atoms with E-state index in [-0.39, 0.29) is 29.2 Å². The third-order valence-corrected chi connectivity index (χ3v) is 6.22. The smallest absolute Gasteiger partial charge is 0.227 e. The van der Waals surface area contributed by atoms with Crippen molar-refractivity contribution in [2.45, 2.75) is 32.5 Å². The van der Waals surface area contributed by atoms with Gasteiger partial charge in [-0.05, 0) is 43.5 Å². The first kappa shape index (κ1) is 25.4. The fraction of sp³-hybridized carbons (Fsp3) is 0.385. The van der Waals surface area contributed by atoms with Gasteiger partial charge in [-0.25, -0.2) is 18.7 Å². The summed E-state index contributed by atoms with van der Waals surface area (Å²) in [6.07, 6.45) is 5.11. The second-order valence-corrected chi connectivity index (χ2v) is 8.47. The highest BCUT2D eigenvalue weighted by molar-refractivity contribution is 5.67. The Morgan fingerprint density at radius 1 is 0.972 bits per heavy atom. The van der Waals surface area contributed by atoms with Gasteiger partial charge >= 0.3 is 0 Å². The van der Waals surface area contributed by atoms with Gasteiger partial charge in [0.05, 0.1) is 44.0 Å². The van der Waals surface area contributed by atoms with E-state index in [1.54, 1.807) is 14.2 Å². The van der Waals surface area contributed by atoms with E-state index in [0.717, 1.165) is 43.1 Å². The van der Waals surface area contributed by atoms with E-state index < -0.39 is 11.6 Å². The van der Waals surface area contributed by atoms with Crippen molar-refractivity contribution in [3.8, 4) is 17.2 Å². The minimum absolute atomic E-state index is 0.0378. The minimum atomic E-state index is -0.791. The van der Waals surface area contributed by atoms with Gasteiger partial charge in [-0.1, -0.05) is 0 Å². The van der Waals surface area contributed by atoms with Crippen LogP contribution in [0.4, 0.5) is 26.1 Å². The van der Waals surface area contributed by atoms with Gasteiger partial charge in [0, 0.05) is 32.0 Å². The van der Waals surface area contributed by atoms with Crippen LogP contribution in [0.5, 0.6) is 17.2 Å². The van der Waals surface area contributed by atoms with Gasteiger partial charge < -0.3 is 29.2 Å². The molecule has 1 aliphatic rings. The van der Waals surface area contributed by atoms with Crippen molar-refractivity contribution < 1.29 is 27.7 Å². The molecule has 192 valence electrons. The molecule has 0 bridgehead atoms. The molecule has 0 radical (unpaired) electrons. The molecule has 0 spiro atoms. The fourth-order valence-corrected chi connectivity index (χ4v) is 4.17. The van der Waals surface area contributed by atoms with Gasteiger partial charge in [-0.3, -0.25) is 0 Å². The minimum Gasteiger partial charge on any atom is -0.495 e. The lowest BCUT2D eigenvalue weighted by Crippen LogP contribution is -2.36. The normalized spacial score (nSPS) is 14.0. The number of aryl methyl sites for hydroxylation is 1. The maximum atomic E-state index is 14.5. The van der Waals surface area contributed by atoms with E-state index in [1.807, 2.05) is 18.2 Å². The molecule has 0 saturated carbocycles. The molecule has 4 rings (SSSR count). The zero-order valence-corrected chi connectivity index (χ0v) is 20.8. The molecule has 3 aromatic rings. The van der Waals surface area contributed by atoms with Crippen LogP contribution < -0.4 is 24.4 Å². The summed E-state index contributed by atoms with van der Waals surface area (Å²) >= 11 is 0. The number of nitrogens with one attached hydrogen (secondary N) is 1. The summed E-state index contributed by atoms with van der Waals surface area (Å²) in [6.45, 7) is 3.01. The average Bonchev–Trinajstić information content (AvgIpc) is 2.91.